The fourth-order valence-corrected chi connectivity index (χ4v) is 1.84. The van der Waals surface area contributed by atoms with E-state index in [0.29, 0.717) is 0 Å². The summed E-state index contributed by atoms with van der Waals surface area (Å²) in [5, 5.41) is 3.60. The van der Waals surface area contributed by atoms with Gasteiger partial charge in [-0.2, -0.15) is 0 Å². The van der Waals surface area contributed by atoms with Crippen LogP contribution in [0.1, 0.15) is 38.5 Å². The maximum absolute atomic E-state index is 3.60. The van der Waals surface area contributed by atoms with Crippen molar-refractivity contribution in [2.24, 2.45) is 5.92 Å². The molecule has 0 atom stereocenters. The Morgan fingerprint density at radius 1 is 1.00 bits per heavy atom. The van der Waals surface area contributed by atoms with Crippen LogP contribution in [-0.2, 0) is 0 Å². The van der Waals surface area contributed by atoms with Crippen molar-refractivity contribution >= 4 is 0 Å². The first-order valence-corrected chi connectivity index (χ1v) is 4.68. The van der Waals surface area contributed by atoms with Crippen molar-refractivity contribution in [3.05, 3.63) is 0 Å². The summed E-state index contributed by atoms with van der Waals surface area (Å²) in [6, 6.07) is 0.917. The highest BCUT2D eigenvalue weighted by atomic mass is 14.9. The van der Waals surface area contributed by atoms with Crippen LogP contribution in [0.15, 0.2) is 0 Å². The molecule has 0 aromatic heterocycles. The molecular weight excluding hydrogens is 122 g/mol. The van der Waals surface area contributed by atoms with Gasteiger partial charge in [-0.25, -0.2) is 0 Å². The van der Waals surface area contributed by atoms with E-state index in [1.165, 1.54) is 45.1 Å². The molecule has 2 aliphatic carbocycles. The van der Waals surface area contributed by atoms with Gasteiger partial charge in [-0.15, -0.1) is 0 Å². The summed E-state index contributed by atoms with van der Waals surface area (Å²) < 4.78 is 0. The third kappa shape index (κ3) is 1.72. The van der Waals surface area contributed by atoms with Gasteiger partial charge in [0.05, 0.1) is 0 Å². The van der Waals surface area contributed by atoms with E-state index in [1.807, 2.05) is 0 Å². The molecule has 1 nitrogen and oxygen atoms in total. The van der Waals surface area contributed by atoms with E-state index in [2.05, 4.69) is 5.32 Å². The Kier molecular flexibility index (Phi) is 1.94. The Hall–Kier alpha value is -0.0400. The Morgan fingerprint density at radius 3 is 2.30 bits per heavy atom. The third-order valence-electron chi connectivity index (χ3n) is 2.75. The summed E-state index contributed by atoms with van der Waals surface area (Å²) in [5.74, 6) is 1.03. The van der Waals surface area contributed by atoms with E-state index in [-0.39, 0.29) is 0 Å². The van der Waals surface area contributed by atoms with E-state index in [1.54, 1.807) is 0 Å². The van der Waals surface area contributed by atoms with Gasteiger partial charge in [0.25, 0.3) is 0 Å². The third-order valence-corrected chi connectivity index (χ3v) is 2.75. The first-order valence-electron chi connectivity index (χ1n) is 4.68. The molecule has 0 amide bonds. The summed E-state index contributed by atoms with van der Waals surface area (Å²) in [7, 11) is 0. The van der Waals surface area contributed by atoms with Gasteiger partial charge < -0.3 is 5.32 Å². The van der Waals surface area contributed by atoms with Crippen molar-refractivity contribution in [2.45, 2.75) is 44.6 Å². The monoisotopic (exact) mass is 139 g/mol. The molecule has 2 fully saturated rings. The van der Waals surface area contributed by atoms with Crippen LogP contribution >= 0.6 is 0 Å². The quantitative estimate of drug-likeness (QED) is 0.630. The topological polar surface area (TPSA) is 12.0 Å². The molecule has 0 bridgehead atoms. The predicted octanol–water partition coefficient (Wildman–Crippen LogP) is 1.93. The molecule has 2 rings (SSSR count). The lowest BCUT2D eigenvalue weighted by Crippen LogP contribution is -2.22. The lowest BCUT2D eigenvalue weighted by atomic mass is 10.1. The van der Waals surface area contributed by atoms with Gasteiger partial charge in [0.2, 0.25) is 0 Å². The van der Waals surface area contributed by atoms with Crippen LogP contribution in [0.4, 0.5) is 0 Å². The fraction of sp³-hybridized carbons (Fsp3) is 1.00. The molecular formula is C9H17N. The average Bonchev–Trinajstić information content (AvgIpc) is 2.63. The second-order valence-corrected chi connectivity index (χ2v) is 3.83. The normalized spacial score (nSPS) is 27.6. The molecule has 0 aromatic carbocycles. The highest BCUT2D eigenvalue weighted by Gasteiger charge is 2.22. The van der Waals surface area contributed by atoms with Gasteiger partial charge in [-0.1, -0.05) is 12.8 Å². The van der Waals surface area contributed by atoms with Crippen molar-refractivity contribution < 1.29 is 0 Å². The smallest absolute Gasteiger partial charge is 0.00683 e. The fourth-order valence-electron chi connectivity index (χ4n) is 1.84. The average molecular weight is 139 g/mol. The molecule has 2 saturated carbocycles. The molecule has 0 unspecified atom stereocenters. The van der Waals surface area contributed by atoms with E-state index >= 15 is 0 Å². The van der Waals surface area contributed by atoms with Gasteiger partial charge in [-0.05, 0) is 38.1 Å². The second-order valence-electron chi connectivity index (χ2n) is 3.83. The summed E-state index contributed by atoms with van der Waals surface area (Å²) >= 11 is 0. The molecule has 0 spiro atoms. The van der Waals surface area contributed by atoms with Gasteiger partial charge >= 0.3 is 0 Å². The summed E-state index contributed by atoms with van der Waals surface area (Å²) in [6.45, 7) is 1.31. The molecule has 1 heteroatoms. The molecule has 0 aliphatic heterocycles. The van der Waals surface area contributed by atoms with E-state index < -0.39 is 0 Å². The van der Waals surface area contributed by atoms with E-state index in [4.69, 9.17) is 0 Å². The largest absolute Gasteiger partial charge is 0.314 e. The molecule has 0 radical (unpaired) electrons. The maximum Gasteiger partial charge on any atom is 0.00683 e. The highest BCUT2D eigenvalue weighted by Crippen LogP contribution is 2.25. The van der Waals surface area contributed by atoms with Crippen molar-refractivity contribution in [1.29, 1.82) is 0 Å². The van der Waals surface area contributed by atoms with Crippen molar-refractivity contribution in [1.82, 2.24) is 5.32 Å². The zero-order valence-electron chi connectivity index (χ0n) is 6.60. The van der Waals surface area contributed by atoms with Gasteiger partial charge in [0.1, 0.15) is 0 Å². The van der Waals surface area contributed by atoms with Crippen LogP contribution in [0.25, 0.3) is 0 Å². The van der Waals surface area contributed by atoms with Crippen LogP contribution in [0.3, 0.4) is 0 Å². The molecule has 2 aliphatic rings. The zero-order chi connectivity index (χ0) is 6.81. The van der Waals surface area contributed by atoms with Crippen LogP contribution in [-0.4, -0.2) is 12.6 Å². The van der Waals surface area contributed by atoms with Crippen LogP contribution in [0.5, 0.6) is 0 Å². The van der Waals surface area contributed by atoms with Crippen LogP contribution < -0.4 is 5.32 Å². The molecule has 0 heterocycles. The van der Waals surface area contributed by atoms with E-state index in [9.17, 15) is 0 Å². The van der Waals surface area contributed by atoms with Crippen LogP contribution in [0.2, 0.25) is 0 Å². The molecule has 10 heavy (non-hydrogen) atoms. The summed E-state index contributed by atoms with van der Waals surface area (Å²) in [5.41, 5.74) is 0. The molecule has 0 aromatic rings. The maximum atomic E-state index is 3.60. The Morgan fingerprint density at radius 2 is 1.70 bits per heavy atom. The minimum Gasteiger partial charge on any atom is -0.314 e. The van der Waals surface area contributed by atoms with Gasteiger partial charge in [-0.3, -0.25) is 0 Å². The SMILES string of the molecule is C1CCC(CNC2CC2)C1. The minimum absolute atomic E-state index is 0.917. The predicted molar refractivity (Wildman–Crippen MR) is 43.0 cm³/mol. The lowest BCUT2D eigenvalue weighted by Gasteiger charge is -2.08. The number of hydrogen-bond acceptors (Lipinski definition) is 1. The molecule has 0 saturated heterocycles. The van der Waals surface area contributed by atoms with Crippen LogP contribution in [0, 0.1) is 5.92 Å². The summed E-state index contributed by atoms with van der Waals surface area (Å²) in [6.07, 6.45) is 8.81. The molecule has 58 valence electrons. The van der Waals surface area contributed by atoms with Gasteiger partial charge in [0, 0.05) is 6.04 Å². The Labute approximate surface area is 63.2 Å². The number of hydrogen-bond donors (Lipinski definition) is 1. The minimum atomic E-state index is 0.917. The van der Waals surface area contributed by atoms with Crippen molar-refractivity contribution in [3.63, 3.8) is 0 Å². The first kappa shape index (κ1) is 6.66. The lowest BCUT2D eigenvalue weighted by molar-refractivity contribution is 0.488. The Bertz CT molecular complexity index is 101. The van der Waals surface area contributed by atoms with E-state index in [0.717, 1.165) is 12.0 Å². The van der Waals surface area contributed by atoms with Crippen molar-refractivity contribution in [2.75, 3.05) is 6.54 Å². The Balaban J connectivity index is 1.59. The zero-order valence-corrected chi connectivity index (χ0v) is 6.60. The van der Waals surface area contributed by atoms with Crippen molar-refractivity contribution in [3.8, 4) is 0 Å². The second kappa shape index (κ2) is 2.91. The highest BCUT2D eigenvalue weighted by molar-refractivity contribution is 4.82. The van der Waals surface area contributed by atoms with Gasteiger partial charge in [0.15, 0.2) is 0 Å². The number of nitrogens with one attached hydrogen (secondary N) is 1. The number of rotatable bonds is 3. The molecule has 1 N–H and O–H groups in total. The standard InChI is InChI=1S/C9H17N/c1-2-4-8(3-1)7-10-9-5-6-9/h8-10H,1-7H2. The summed E-state index contributed by atoms with van der Waals surface area (Å²) in [4.78, 5) is 0. The first-order chi connectivity index (χ1) is 4.95.